The lowest BCUT2D eigenvalue weighted by atomic mass is 10.1. The number of aromatic nitrogens is 2. The molecule has 0 saturated carbocycles. The fourth-order valence-corrected chi connectivity index (χ4v) is 1.99. The van der Waals surface area contributed by atoms with Crippen LogP contribution >= 0.6 is 0 Å². The molecule has 1 amide bonds. The molecule has 0 aromatic carbocycles. The van der Waals surface area contributed by atoms with E-state index in [9.17, 15) is 14.9 Å². The predicted molar refractivity (Wildman–Crippen MR) is 59.3 cm³/mol. The Hall–Kier alpha value is -1.92. The Morgan fingerprint density at radius 3 is 2.76 bits per heavy atom. The molecule has 1 saturated heterocycles. The Morgan fingerprint density at radius 1 is 1.41 bits per heavy atom. The van der Waals surface area contributed by atoms with Gasteiger partial charge in [0, 0.05) is 13.1 Å². The molecule has 7 nitrogen and oxygen atoms in total. The summed E-state index contributed by atoms with van der Waals surface area (Å²) in [4.78, 5) is 27.3. The molecule has 1 aromatic heterocycles. The molecule has 92 valence electrons. The summed E-state index contributed by atoms with van der Waals surface area (Å²) in [5.41, 5.74) is 0. The third-order valence-electron chi connectivity index (χ3n) is 2.87. The van der Waals surface area contributed by atoms with Gasteiger partial charge in [0.15, 0.2) is 6.54 Å². The van der Waals surface area contributed by atoms with E-state index >= 15 is 0 Å². The van der Waals surface area contributed by atoms with Crippen LogP contribution in [0.1, 0.15) is 19.3 Å². The van der Waals surface area contributed by atoms with Crippen molar-refractivity contribution in [1.29, 1.82) is 0 Å². The van der Waals surface area contributed by atoms with Gasteiger partial charge in [0.2, 0.25) is 0 Å². The Balaban J connectivity index is 2.02. The highest BCUT2D eigenvalue weighted by atomic mass is 16.6. The van der Waals surface area contributed by atoms with Crippen LogP contribution in [0.5, 0.6) is 0 Å². The van der Waals surface area contributed by atoms with Gasteiger partial charge in [-0.25, -0.2) is 4.57 Å². The van der Waals surface area contributed by atoms with Crippen LogP contribution in [0.4, 0.5) is 5.95 Å². The van der Waals surface area contributed by atoms with Crippen molar-refractivity contribution >= 4 is 11.9 Å². The van der Waals surface area contributed by atoms with Crippen LogP contribution in [0.25, 0.3) is 0 Å². The minimum Gasteiger partial charge on any atom is -0.390 e. The van der Waals surface area contributed by atoms with Crippen molar-refractivity contribution in [3.05, 3.63) is 22.5 Å². The van der Waals surface area contributed by atoms with Crippen LogP contribution in [0.15, 0.2) is 12.4 Å². The number of likely N-dealkylation sites (tertiary alicyclic amines) is 1. The molecule has 1 fully saturated rings. The second kappa shape index (κ2) is 4.94. The molecule has 7 heteroatoms. The van der Waals surface area contributed by atoms with Crippen LogP contribution in [0.2, 0.25) is 0 Å². The second-order valence-electron chi connectivity index (χ2n) is 4.05. The normalized spacial score (nSPS) is 15.9. The first-order valence-electron chi connectivity index (χ1n) is 5.62. The highest BCUT2D eigenvalue weighted by Crippen LogP contribution is 2.12. The smallest absolute Gasteiger partial charge is 0.390 e. The zero-order valence-corrected chi connectivity index (χ0v) is 9.41. The van der Waals surface area contributed by atoms with E-state index in [-0.39, 0.29) is 18.4 Å². The highest BCUT2D eigenvalue weighted by molar-refractivity contribution is 5.76. The first-order valence-corrected chi connectivity index (χ1v) is 5.62. The lowest BCUT2D eigenvalue weighted by molar-refractivity contribution is -0.396. The number of carbonyl (C=O) groups excluding carboxylic acids is 1. The lowest BCUT2D eigenvalue weighted by Crippen LogP contribution is -2.37. The molecule has 2 heterocycles. The Labute approximate surface area is 98.2 Å². The molecular formula is C10H14N4O3. The number of nitrogens with zero attached hydrogens (tertiary/aromatic N) is 4. The van der Waals surface area contributed by atoms with E-state index in [0.717, 1.165) is 32.4 Å². The molecule has 0 N–H and O–H groups in total. The first kappa shape index (κ1) is 11.6. The molecule has 2 rings (SSSR count). The average Bonchev–Trinajstić information content (AvgIpc) is 2.78. The number of carbonyl (C=O) groups is 1. The Bertz CT molecular complexity index is 423. The number of amides is 1. The fraction of sp³-hybridized carbons (Fsp3) is 0.600. The Morgan fingerprint density at radius 2 is 2.12 bits per heavy atom. The summed E-state index contributed by atoms with van der Waals surface area (Å²) < 4.78 is 1.27. The van der Waals surface area contributed by atoms with E-state index in [1.54, 1.807) is 4.90 Å². The molecule has 1 aromatic rings. The quantitative estimate of drug-likeness (QED) is 0.576. The maximum atomic E-state index is 11.9. The molecule has 0 unspecified atom stereocenters. The molecule has 0 aliphatic carbocycles. The van der Waals surface area contributed by atoms with E-state index in [1.807, 2.05) is 0 Å². The van der Waals surface area contributed by atoms with Crippen molar-refractivity contribution in [2.45, 2.75) is 25.8 Å². The number of hydrogen-bond donors (Lipinski definition) is 0. The maximum absolute atomic E-state index is 11.9. The van der Waals surface area contributed by atoms with Crippen LogP contribution in [-0.2, 0) is 11.3 Å². The predicted octanol–water partition coefficient (Wildman–Crippen LogP) is 0.804. The molecule has 0 radical (unpaired) electrons. The Kier molecular flexibility index (Phi) is 3.36. The molecule has 0 bridgehead atoms. The molecule has 1 aliphatic rings. The number of rotatable bonds is 3. The van der Waals surface area contributed by atoms with E-state index < -0.39 is 4.92 Å². The summed E-state index contributed by atoms with van der Waals surface area (Å²) in [6, 6.07) is 0. The molecular weight excluding hydrogens is 224 g/mol. The average molecular weight is 238 g/mol. The summed E-state index contributed by atoms with van der Waals surface area (Å²) >= 11 is 0. The number of piperidine rings is 1. The van der Waals surface area contributed by atoms with Gasteiger partial charge in [0.1, 0.15) is 12.4 Å². The molecule has 17 heavy (non-hydrogen) atoms. The third kappa shape index (κ3) is 2.61. The summed E-state index contributed by atoms with van der Waals surface area (Å²) in [5.74, 6) is -0.360. The number of hydrogen-bond acceptors (Lipinski definition) is 4. The van der Waals surface area contributed by atoms with Gasteiger partial charge >= 0.3 is 5.95 Å². The van der Waals surface area contributed by atoms with Gasteiger partial charge in [-0.3, -0.25) is 4.79 Å². The second-order valence-corrected chi connectivity index (χ2v) is 4.05. The van der Waals surface area contributed by atoms with Crippen molar-refractivity contribution < 1.29 is 9.72 Å². The van der Waals surface area contributed by atoms with Crippen molar-refractivity contribution in [3.8, 4) is 0 Å². The van der Waals surface area contributed by atoms with Crippen LogP contribution in [-0.4, -0.2) is 38.4 Å². The zero-order chi connectivity index (χ0) is 12.3. The summed E-state index contributed by atoms with van der Waals surface area (Å²) in [6.45, 7) is 1.50. The van der Waals surface area contributed by atoms with Crippen molar-refractivity contribution in [1.82, 2.24) is 14.5 Å². The van der Waals surface area contributed by atoms with E-state index in [0.29, 0.717) is 0 Å². The minimum atomic E-state index is -0.580. The lowest BCUT2D eigenvalue weighted by Gasteiger charge is -2.26. The van der Waals surface area contributed by atoms with Gasteiger partial charge in [0.25, 0.3) is 5.91 Å². The summed E-state index contributed by atoms with van der Waals surface area (Å²) in [6.07, 6.45) is 5.96. The molecule has 1 aliphatic heterocycles. The van der Waals surface area contributed by atoms with Crippen LogP contribution < -0.4 is 0 Å². The highest BCUT2D eigenvalue weighted by Gasteiger charge is 2.21. The van der Waals surface area contributed by atoms with E-state index in [2.05, 4.69) is 4.98 Å². The van der Waals surface area contributed by atoms with Gasteiger partial charge in [-0.1, -0.05) is 4.98 Å². The van der Waals surface area contributed by atoms with E-state index in [4.69, 9.17) is 0 Å². The summed E-state index contributed by atoms with van der Waals surface area (Å²) in [5, 5.41) is 10.6. The number of nitro groups is 1. The van der Waals surface area contributed by atoms with E-state index in [1.165, 1.54) is 17.0 Å². The third-order valence-corrected chi connectivity index (χ3v) is 2.87. The maximum Gasteiger partial charge on any atom is 0.435 e. The molecule has 0 atom stereocenters. The van der Waals surface area contributed by atoms with Gasteiger partial charge < -0.3 is 15.0 Å². The van der Waals surface area contributed by atoms with Crippen molar-refractivity contribution in [2.24, 2.45) is 0 Å². The zero-order valence-electron chi connectivity index (χ0n) is 9.41. The molecule has 0 spiro atoms. The van der Waals surface area contributed by atoms with Crippen molar-refractivity contribution in [3.63, 3.8) is 0 Å². The van der Waals surface area contributed by atoms with Gasteiger partial charge in [-0.15, -0.1) is 0 Å². The largest absolute Gasteiger partial charge is 0.435 e. The fourth-order valence-electron chi connectivity index (χ4n) is 1.99. The summed E-state index contributed by atoms with van der Waals surface area (Å²) in [7, 11) is 0. The SMILES string of the molecule is O=C(Cn1ccnc1[N+](=O)[O-])N1CCCCC1. The van der Waals surface area contributed by atoms with Crippen LogP contribution in [0, 0.1) is 10.1 Å². The first-order chi connectivity index (χ1) is 8.18. The topological polar surface area (TPSA) is 81.3 Å². The standard InChI is InChI=1S/C10H14N4O3/c15-9(12-5-2-1-3-6-12)8-13-7-4-11-10(13)14(16)17/h4,7H,1-3,5-6,8H2. The van der Waals surface area contributed by atoms with Crippen molar-refractivity contribution in [2.75, 3.05) is 13.1 Å². The van der Waals surface area contributed by atoms with Gasteiger partial charge in [0.05, 0.1) is 0 Å². The monoisotopic (exact) mass is 238 g/mol. The van der Waals surface area contributed by atoms with Crippen LogP contribution in [0.3, 0.4) is 0 Å². The minimum absolute atomic E-state index is 0.00366. The van der Waals surface area contributed by atoms with Gasteiger partial charge in [-0.2, -0.15) is 0 Å². The number of imidazole rings is 1. The van der Waals surface area contributed by atoms with Gasteiger partial charge in [-0.05, 0) is 24.2 Å².